The Morgan fingerprint density at radius 3 is 2.76 bits per heavy atom. The number of carbonyl (C=O) groups is 1. The van der Waals surface area contributed by atoms with Crippen LogP contribution in [0.5, 0.6) is 5.75 Å². The summed E-state index contributed by atoms with van der Waals surface area (Å²) in [5.41, 5.74) is 1.04. The smallest absolute Gasteiger partial charge is 0.265 e. The second kappa shape index (κ2) is 5.54. The molecule has 21 heavy (non-hydrogen) atoms. The first kappa shape index (κ1) is 14.2. The zero-order chi connectivity index (χ0) is 15.0. The van der Waals surface area contributed by atoms with Crippen LogP contribution in [0.25, 0.3) is 0 Å². The summed E-state index contributed by atoms with van der Waals surface area (Å²) in [5.74, 6) is 1.49. The average molecular weight is 318 g/mol. The molecule has 0 radical (unpaired) electrons. The summed E-state index contributed by atoms with van der Waals surface area (Å²) in [5, 5.41) is 0. The summed E-state index contributed by atoms with van der Waals surface area (Å²) in [6, 6.07) is 7.88. The molecule has 1 saturated heterocycles. The van der Waals surface area contributed by atoms with Gasteiger partial charge < -0.3 is 9.64 Å². The first-order valence-corrected chi connectivity index (χ1v) is 7.80. The van der Waals surface area contributed by atoms with E-state index in [1.807, 2.05) is 30.3 Å². The summed E-state index contributed by atoms with van der Waals surface area (Å²) in [7, 11) is 1.69. The van der Waals surface area contributed by atoms with E-state index in [0.717, 1.165) is 23.9 Å². The molecule has 4 nitrogen and oxygen atoms in total. The number of fused-ring (bicyclic) bond motifs is 1. The maximum atomic E-state index is 12.0. The quantitative estimate of drug-likeness (QED) is 0.618. The number of hydrogen-bond donors (Lipinski definition) is 0. The minimum absolute atomic E-state index is 0.0691. The van der Waals surface area contributed by atoms with E-state index in [4.69, 9.17) is 17.0 Å². The maximum absolute atomic E-state index is 12.0. The molecule has 0 saturated carbocycles. The summed E-state index contributed by atoms with van der Waals surface area (Å²) >= 11 is 6.42. The first-order valence-electron chi connectivity index (χ1n) is 6.58. The highest BCUT2D eigenvalue weighted by Crippen LogP contribution is 2.38. The summed E-state index contributed by atoms with van der Waals surface area (Å²) in [4.78, 5) is 16.1. The molecule has 1 aromatic rings. The minimum Gasteiger partial charge on any atom is -0.439 e. The molecular formula is C15H14N2O2S2. The van der Waals surface area contributed by atoms with Gasteiger partial charge in [0.25, 0.3) is 5.91 Å². The number of rotatable bonds is 2. The van der Waals surface area contributed by atoms with Crippen molar-refractivity contribution in [3.05, 3.63) is 47.2 Å². The van der Waals surface area contributed by atoms with Crippen molar-refractivity contribution in [1.29, 1.82) is 0 Å². The van der Waals surface area contributed by atoms with E-state index >= 15 is 0 Å². The van der Waals surface area contributed by atoms with E-state index in [2.05, 4.69) is 11.8 Å². The number of amides is 1. The molecule has 2 aliphatic heterocycles. The van der Waals surface area contributed by atoms with Gasteiger partial charge in [-0.25, -0.2) is 0 Å². The van der Waals surface area contributed by atoms with Crippen molar-refractivity contribution in [2.45, 2.75) is 6.92 Å². The summed E-state index contributed by atoms with van der Waals surface area (Å²) < 4.78 is 6.41. The molecule has 0 aromatic heterocycles. The van der Waals surface area contributed by atoms with Gasteiger partial charge in [-0.3, -0.25) is 9.69 Å². The molecule has 6 heteroatoms. The molecule has 2 heterocycles. The Morgan fingerprint density at radius 2 is 2.10 bits per heavy atom. The second-order valence-corrected chi connectivity index (χ2v) is 6.26. The third-order valence-electron chi connectivity index (χ3n) is 3.32. The van der Waals surface area contributed by atoms with Crippen molar-refractivity contribution in [3.8, 4) is 5.75 Å². The maximum Gasteiger partial charge on any atom is 0.265 e. The Bertz CT molecular complexity index is 682. The van der Waals surface area contributed by atoms with E-state index in [9.17, 15) is 4.79 Å². The van der Waals surface area contributed by atoms with Crippen molar-refractivity contribution in [3.63, 3.8) is 0 Å². The van der Waals surface area contributed by atoms with E-state index < -0.39 is 0 Å². The topological polar surface area (TPSA) is 32.8 Å². The number of nitrogens with zero attached hydrogens (tertiary/aromatic N) is 2. The Kier molecular flexibility index (Phi) is 3.73. The number of thioether (sulfide) groups is 1. The lowest BCUT2D eigenvalue weighted by Crippen LogP contribution is -2.22. The van der Waals surface area contributed by atoms with Crippen molar-refractivity contribution in [1.82, 2.24) is 4.90 Å². The molecule has 2 aliphatic rings. The van der Waals surface area contributed by atoms with Crippen LogP contribution >= 0.6 is 24.0 Å². The zero-order valence-corrected chi connectivity index (χ0v) is 13.3. The fourth-order valence-corrected chi connectivity index (χ4v) is 3.33. The number of hydrogen-bond acceptors (Lipinski definition) is 5. The van der Waals surface area contributed by atoms with Crippen molar-refractivity contribution >= 4 is 39.9 Å². The fourth-order valence-electron chi connectivity index (χ4n) is 2.21. The Morgan fingerprint density at radius 1 is 1.33 bits per heavy atom. The molecule has 108 valence electrons. The monoisotopic (exact) mass is 318 g/mol. The number of allylic oxidation sites excluding steroid dienone is 2. The molecule has 0 unspecified atom stereocenters. The molecule has 1 aromatic carbocycles. The molecule has 0 atom stereocenters. The lowest BCUT2D eigenvalue weighted by molar-refractivity contribution is -0.121. The highest BCUT2D eigenvalue weighted by Gasteiger charge is 2.29. The van der Waals surface area contributed by atoms with Gasteiger partial charge in [0.15, 0.2) is 5.75 Å². The number of ether oxygens (including phenoxy) is 1. The largest absolute Gasteiger partial charge is 0.439 e. The second-order valence-electron chi connectivity index (χ2n) is 4.58. The van der Waals surface area contributed by atoms with Gasteiger partial charge in [-0.1, -0.05) is 36.1 Å². The number of carbonyl (C=O) groups excluding carboxylic acids is 1. The normalized spacial score (nSPS) is 21.4. The first-order chi connectivity index (χ1) is 10.1. The van der Waals surface area contributed by atoms with Gasteiger partial charge in [0.1, 0.15) is 4.32 Å². The molecule has 0 N–H and O–H groups in total. The van der Waals surface area contributed by atoms with Crippen molar-refractivity contribution in [2.75, 3.05) is 18.5 Å². The van der Waals surface area contributed by atoms with E-state index in [1.54, 1.807) is 13.1 Å². The zero-order valence-electron chi connectivity index (χ0n) is 11.7. The van der Waals surface area contributed by atoms with E-state index in [1.165, 1.54) is 16.7 Å². The Balaban J connectivity index is 1.89. The number of anilines is 1. The molecule has 3 rings (SSSR count). The van der Waals surface area contributed by atoms with Crippen LogP contribution in [0, 0.1) is 0 Å². The summed E-state index contributed by atoms with van der Waals surface area (Å²) in [6.07, 6.45) is 3.60. The van der Waals surface area contributed by atoms with Gasteiger partial charge in [0.05, 0.1) is 10.6 Å². The molecular weight excluding hydrogens is 304 g/mol. The highest BCUT2D eigenvalue weighted by atomic mass is 32.2. The standard InChI is InChI=1S/C15H14N2O2S2/c1-3-17-10-6-4-5-7-11(10)19-13(17)9-8-12-14(18)16(2)15(20)21-12/h4-9H,3H2,1-2H3/b12-8-,13-9+. The minimum atomic E-state index is -0.0691. The fraction of sp³-hybridized carbons (Fsp3) is 0.200. The van der Waals surface area contributed by atoms with Crippen LogP contribution in [0.2, 0.25) is 0 Å². The van der Waals surface area contributed by atoms with E-state index in [-0.39, 0.29) is 5.91 Å². The molecule has 0 bridgehead atoms. The van der Waals surface area contributed by atoms with Gasteiger partial charge in [0.2, 0.25) is 5.88 Å². The van der Waals surface area contributed by atoms with Crippen LogP contribution < -0.4 is 9.64 Å². The SMILES string of the molecule is CCN1/C(=C\C=C2/SC(=S)N(C)C2=O)Oc2ccccc21. The average Bonchev–Trinajstić information content (AvgIpc) is 2.97. The number of para-hydroxylation sites is 2. The predicted octanol–water partition coefficient (Wildman–Crippen LogP) is 3.12. The Hall–Kier alpha value is -1.79. The third-order valence-corrected chi connectivity index (χ3v) is 4.82. The van der Waals surface area contributed by atoms with Crippen LogP contribution in [0.4, 0.5) is 5.69 Å². The van der Waals surface area contributed by atoms with Crippen LogP contribution in [-0.2, 0) is 4.79 Å². The van der Waals surface area contributed by atoms with Crippen LogP contribution in [0.3, 0.4) is 0 Å². The van der Waals surface area contributed by atoms with Crippen LogP contribution in [0.15, 0.2) is 47.2 Å². The van der Waals surface area contributed by atoms with Crippen LogP contribution in [0.1, 0.15) is 6.92 Å². The number of thiocarbonyl (C=S) groups is 1. The number of likely N-dealkylation sites (N-methyl/N-ethyl adjacent to an activating group) is 1. The molecule has 0 spiro atoms. The third kappa shape index (κ3) is 2.45. The van der Waals surface area contributed by atoms with E-state index in [0.29, 0.717) is 9.23 Å². The van der Waals surface area contributed by atoms with Gasteiger partial charge >= 0.3 is 0 Å². The molecule has 0 aliphatic carbocycles. The number of benzene rings is 1. The highest BCUT2D eigenvalue weighted by molar-refractivity contribution is 8.26. The summed E-state index contributed by atoms with van der Waals surface area (Å²) in [6.45, 7) is 2.86. The van der Waals surface area contributed by atoms with Crippen molar-refractivity contribution < 1.29 is 9.53 Å². The lowest BCUT2D eigenvalue weighted by Gasteiger charge is -2.14. The molecule has 1 amide bonds. The van der Waals surface area contributed by atoms with Crippen LogP contribution in [-0.4, -0.2) is 28.7 Å². The lowest BCUT2D eigenvalue weighted by atomic mass is 10.3. The van der Waals surface area contributed by atoms with Crippen molar-refractivity contribution in [2.24, 2.45) is 0 Å². The van der Waals surface area contributed by atoms with Gasteiger partial charge in [0, 0.05) is 19.7 Å². The van der Waals surface area contributed by atoms with Gasteiger partial charge in [-0.05, 0) is 25.1 Å². The molecule has 1 fully saturated rings. The predicted molar refractivity (Wildman–Crippen MR) is 89.2 cm³/mol. The van der Waals surface area contributed by atoms with Gasteiger partial charge in [-0.2, -0.15) is 0 Å². The van der Waals surface area contributed by atoms with Gasteiger partial charge in [-0.15, -0.1) is 0 Å². The Labute approximate surface area is 133 Å².